The van der Waals surface area contributed by atoms with Gasteiger partial charge in [0.25, 0.3) is 0 Å². The molecule has 2 heteroatoms. The van der Waals surface area contributed by atoms with Gasteiger partial charge in [0.15, 0.2) is 0 Å². The van der Waals surface area contributed by atoms with Crippen LogP contribution < -0.4 is 15.9 Å². The van der Waals surface area contributed by atoms with Crippen molar-refractivity contribution in [1.82, 2.24) is 0 Å². The Morgan fingerprint density at radius 2 is 0.700 bits per heavy atom. The summed E-state index contributed by atoms with van der Waals surface area (Å²) >= 11 is 2.69. The summed E-state index contributed by atoms with van der Waals surface area (Å²) in [6.07, 6.45) is 0. The molecule has 0 saturated heterocycles. The monoisotopic (exact) mass is 458 g/mol. The summed E-state index contributed by atoms with van der Waals surface area (Å²) in [6.45, 7) is 0. The molecular formula is C18H16PPt. The molecule has 0 fully saturated rings. The van der Waals surface area contributed by atoms with Gasteiger partial charge in [-0.2, -0.15) is 0 Å². The van der Waals surface area contributed by atoms with Gasteiger partial charge in [-0.05, 0) is 0 Å². The van der Waals surface area contributed by atoms with E-state index in [0.717, 1.165) is 0 Å². The van der Waals surface area contributed by atoms with Crippen LogP contribution in [0.3, 0.4) is 0 Å². The van der Waals surface area contributed by atoms with Gasteiger partial charge < -0.3 is 0 Å². The van der Waals surface area contributed by atoms with E-state index in [1.54, 1.807) is 0 Å². The molecule has 3 rings (SSSR count). The quantitative estimate of drug-likeness (QED) is 0.529. The first-order valence-corrected chi connectivity index (χ1v) is 11.9. The molecule has 103 valence electrons. The summed E-state index contributed by atoms with van der Waals surface area (Å²) in [6, 6.07) is 32.7. The number of rotatable bonds is 3. The van der Waals surface area contributed by atoms with Crippen molar-refractivity contribution in [3.05, 3.63) is 91.0 Å². The second kappa shape index (κ2) is 6.04. The normalized spacial score (nSPS) is 12.1. The van der Waals surface area contributed by atoms with Crippen molar-refractivity contribution in [1.29, 1.82) is 0 Å². The van der Waals surface area contributed by atoms with Gasteiger partial charge >= 0.3 is 132 Å². The van der Waals surface area contributed by atoms with Crippen molar-refractivity contribution >= 4 is 21.3 Å². The van der Waals surface area contributed by atoms with Crippen molar-refractivity contribution in [3.63, 3.8) is 0 Å². The van der Waals surface area contributed by atoms with Gasteiger partial charge in [0.2, 0.25) is 0 Å². The number of hydrogen-bond acceptors (Lipinski definition) is 0. The SMILES string of the molecule is [Pt][PH](c1ccccc1)(c1ccccc1)c1ccccc1. The van der Waals surface area contributed by atoms with Gasteiger partial charge in [-0.15, -0.1) is 0 Å². The van der Waals surface area contributed by atoms with E-state index in [1.807, 2.05) is 0 Å². The predicted octanol–water partition coefficient (Wildman–Crippen LogP) is 3.17. The first-order chi connectivity index (χ1) is 9.82. The first kappa shape index (κ1) is 13.7. The van der Waals surface area contributed by atoms with Gasteiger partial charge in [0.1, 0.15) is 0 Å². The summed E-state index contributed by atoms with van der Waals surface area (Å²) in [5, 5.41) is 2.43. The van der Waals surface area contributed by atoms with E-state index in [9.17, 15) is 0 Å². The fourth-order valence-electron chi connectivity index (χ4n) is 2.47. The summed E-state index contributed by atoms with van der Waals surface area (Å²) < 4.78 is 0. The van der Waals surface area contributed by atoms with Crippen LogP contribution in [0.25, 0.3) is 0 Å². The van der Waals surface area contributed by atoms with E-state index < -0.39 is 5.35 Å². The van der Waals surface area contributed by atoms with Crippen LogP contribution >= 0.6 is 5.35 Å². The molecule has 0 nitrogen and oxygen atoms in total. The van der Waals surface area contributed by atoms with Crippen molar-refractivity contribution in [2.24, 2.45) is 0 Å². The Morgan fingerprint density at radius 3 is 0.950 bits per heavy atom. The van der Waals surface area contributed by atoms with Crippen molar-refractivity contribution in [3.8, 4) is 0 Å². The molecule has 0 aliphatic heterocycles. The van der Waals surface area contributed by atoms with Crippen molar-refractivity contribution in [2.45, 2.75) is 0 Å². The third-order valence-electron chi connectivity index (χ3n) is 3.46. The molecule has 0 amide bonds. The van der Waals surface area contributed by atoms with Crippen LogP contribution in [0.1, 0.15) is 0 Å². The first-order valence-electron chi connectivity index (χ1n) is 6.64. The topological polar surface area (TPSA) is 0 Å². The Bertz CT molecular complexity index is 569. The van der Waals surface area contributed by atoms with Crippen LogP contribution in [0.4, 0.5) is 0 Å². The Labute approximate surface area is 131 Å². The molecule has 0 saturated carbocycles. The van der Waals surface area contributed by atoms with E-state index in [-0.39, 0.29) is 0 Å². The average molecular weight is 458 g/mol. The molecule has 20 heavy (non-hydrogen) atoms. The molecule has 0 radical (unpaired) electrons. The van der Waals surface area contributed by atoms with Gasteiger partial charge in [-0.3, -0.25) is 0 Å². The fraction of sp³-hybridized carbons (Fsp3) is 0. The van der Waals surface area contributed by atoms with Crippen LogP contribution in [0.15, 0.2) is 91.0 Å². The van der Waals surface area contributed by atoms with Gasteiger partial charge in [-0.1, -0.05) is 0 Å². The Balaban J connectivity index is 2.24. The molecule has 0 heterocycles. The Kier molecular flexibility index (Phi) is 4.15. The van der Waals surface area contributed by atoms with Crippen LogP contribution in [-0.2, 0) is 19.3 Å². The van der Waals surface area contributed by atoms with E-state index in [0.29, 0.717) is 0 Å². The van der Waals surface area contributed by atoms with E-state index in [4.69, 9.17) is 0 Å². The average Bonchev–Trinajstić information content (AvgIpc) is 2.56. The molecule has 3 aromatic rings. The molecule has 0 aliphatic carbocycles. The summed E-state index contributed by atoms with van der Waals surface area (Å²) in [4.78, 5) is 0. The summed E-state index contributed by atoms with van der Waals surface area (Å²) in [5.41, 5.74) is 0. The molecule has 0 atom stereocenters. The van der Waals surface area contributed by atoms with Crippen LogP contribution in [-0.4, -0.2) is 0 Å². The minimum atomic E-state index is -1.91. The molecule has 0 N–H and O–H groups in total. The zero-order chi connectivity index (χ0) is 13.8. The Morgan fingerprint density at radius 1 is 0.450 bits per heavy atom. The van der Waals surface area contributed by atoms with Gasteiger partial charge in [0, 0.05) is 0 Å². The van der Waals surface area contributed by atoms with Crippen molar-refractivity contribution < 1.29 is 19.3 Å². The van der Waals surface area contributed by atoms with Crippen LogP contribution in [0.5, 0.6) is 0 Å². The zero-order valence-electron chi connectivity index (χ0n) is 11.0. The van der Waals surface area contributed by atoms with Crippen LogP contribution in [0.2, 0.25) is 0 Å². The molecule has 0 aromatic heterocycles. The molecule has 3 aromatic carbocycles. The Hall–Kier alpha value is -1.22. The predicted molar refractivity (Wildman–Crippen MR) is 86.5 cm³/mol. The molecule has 0 aliphatic rings. The minimum absolute atomic E-state index is 1.44. The standard InChI is InChI=1S/C18H15P.Pt/c1-4-10-16(11-5-1)19(17-12-6-2-7-13-17)18-14-8-3-9-15-18;/h1-15H;/q;-1/p+1. The van der Waals surface area contributed by atoms with E-state index in [2.05, 4.69) is 110 Å². The maximum absolute atomic E-state index is 2.69. The van der Waals surface area contributed by atoms with E-state index >= 15 is 0 Å². The van der Waals surface area contributed by atoms with Gasteiger partial charge in [0.05, 0.1) is 0 Å². The molecular weight excluding hydrogens is 442 g/mol. The molecule has 0 unspecified atom stereocenters. The fourth-order valence-corrected chi connectivity index (χ4v) is 8.77. The third-order valence-corrected chi connectivity index (χ3v) is 12.6. The number of hydrogen-bond donors (Lipinski definition) is 0. The number of benzene rings is 3. The second-order valence-electron chi connectivity index (χ2n) is 4.71. The van der Waals surface area contributed by atoms with Crippen molar-refractivity contribution in [2.75, 3.05) is 0 Å². The summed E-state index contributed by atoms with van der Waals surface area (Å²) in [5.74, 6) is 0. The molecule has 0 spiro atoms. The van der Waals surface area contributed by atoms with E-state index in [1.165, 1.54) is 15.9 Å². The van der Waals surface area contributed by atoms with Gasteiger partial charge in [-0.25, -0.2) is 0 Å². The molecule has 0 bridgehead atoms. The second-order valence-corrected chi connectivity index (χ2v) is 12.8. The summed E-state index contributed by atoms with van der Waals surface area (Å²) in [7, 11) is 0. The maximum atomic E-state index is 2.69. The zero-order valence-corrected chi connectivity index (χ0v) is 14.2. The van der Waals surface area contributed by atoms with Crippen LogP contribution in [0, 0.1) is 0 Å². The third kappa shape index (κ3) is 2.51.